The third-order valence-electron chi connectivity index (χ3n) is 3.72. The molecular formula is C16H14O7. The van der Waals surface area contributed by atoms with Crippen molar-refractivity contribution < 1.29 is 34.7 Å². The molecule has 2 unspecified atom stereocenters. The van der Waals surface area contributed by atoms with E-state index in [-0.39, 0.29) is 11.3 Å². The summed E-state index contributed by atoms with van der Waals surface area (Å²) in [5.41, 5.74) is 0.155. The van der Waals surface area contributed by atoms with Crippen LogP contribution in [0, 0.1) is 0 Å². The zero-order valence-corrected chi connectivity index (χ0v) is 12.1. The lowest BCUT2D eigenvalue weighted by molar-refractivity contribution is 0.0209. The van der Waals surface area contributed by atoms with Crippen LogP contribution in [0.2, 0.25) is 0 Å². The minimum atomic E-state index is -1.56. The normalized spacial score (nSPS) is 19.8. The van der Waals surface area contributed by atoms with Crippen molar-refractivity contribution >= 4 is 5.78 Å². The van der Waals surface area contributed by atoms with Crippen molar-refractivity contribution in [2.45, 2.75) is 12.2 Å². The molecule has 0 fully saturated rings. The van der Waals surface area contributed by atoms with Crippen molar-refractivity contribution in [3.63, 3.8) is 0 Å². The molecule has 7 heteroatoms. The van der Waals surface area contributed by atoms with Gasteiger partial charge in [0.05, 0.1) is 7.11 Å². The molecule has 1 heterocycles. The molecule has 7 nitrogen and oxygen atoms in total. The number of carbonyl (C=O) groups excluding carboxylic acids is 1. The zero-order valence-electron chi connectivity index (χ0n) is 12.1. The molecule has 0 amide bonds. The van der Waals surface area contributed by atoms with Crippen molar-refractivity contribution in [3.8, 4) is 28.7 Å². The Morgan fingerprint density at radius 3 is 2.35 bits per heavy atom. The highest BCUT2D eigenvalue weighted by Crippen LogP contribution is 2.47. The minimum Gasteiger partial charge on any atom is -0.504 e. The lowest BCUT2D eigenvalue weighted by Gasteiger charge is -2.30. The van der Waals surface area contributed by atoms with Gasteiger partial charge in [-0.25, -0.2) is 0 Å². The molecule has 0 radical (unpaired) electrons. The lowest BCUT2D eigenvalue weighted by atomic mass is 9.92. The molecule has 1 aliphatic rings. The summed E-state index contributed by atoms with van der Waals surface area (Å²) < 4.78 is 10.6. The maximum absolute atomic E-state index is 12.3. The third kappa shape index (κ3) is 2.31. The van der Waals surface area contributed by atoms with E-state index in [1.807, 2.05) is 0 Å². The number of aliphatic hydroxyl groups is 1. The summed E-state index contributed by atoms with van der Waals surface area (Å²) in [5.74, 6) is -2.60. The number of hydrogen-bond acceptors (Lipinski definition) is 7. The van der Waals surface area contributed by atoms with Crippen LogP contribution in [0.3, 0.4) is 0 Å². The summed E-state index contributed by atoms with van der Waals surface area (Å²) in [5, 5.41) is 39.0. The van der Waals surface area contributed by atoms with Crippen LogP contribution < -0.4 is 9.47 Å². The highest BCUT2D eigenvalue weighted by molar-refractivity contribution is 6.06. The molecule has 2 atom stereocenters. The fourth-order valence-corrected chi connectivity index (χ4v) is 2.48. The SMILES string of the molecule is COc1ccc(C2Oc3cc(O)c(O)c(O)c3C(=O)C2O)cc1. The standard InChI is InChI=1S/C16H14O7/c1-22-8-4-2-7(3-5-8)16-15(21)14(20)11-10(23-16)6-9(17)12(18)13(11)19/h2-6,15-19,21H,1H3. The van der Waals surface area contributed by atoms with Crippen LogP contribution in [-0.2, 0) is 0 Å². The average Bonchev–Trinajstić information content (AvgIpc) is 2.56. The maximum Gasteiger partial charge on any atom is 0.203 e. The number of fused-ring (bicyclic) bond motifs is 1. The first-order chi connectivity index (χ1) is 10.9. The second-order valence-electron chi connectivity index (χ2n) is 5.09. The fourth-order valence-electron chi connectivity index (χ4n) is 2.48. The van der Waals surface area contributed by atoms with E-state index in [2.05, 4.69) is 0 Å². The number of benzene rings is 2. The number of phenolic OH excluding ortho intramolecular Hbond substituents is 3. The minimum absolute atomic E-state index is 0.117. The fraction of sp³-hybridized carbons (Fsp3) is 0.188. The Bertz CT molecular complexity index is 767. The van der Waals surface area contributed by atoms with E-state index < -0.39 is 35.2 Å². The molecule has 120 valence electrons. The summed E-state index contributed by atoms with van der Waals surface area (Å²) >= 11 is 0. The number of aliphatic hydroxyl groups excluding tert-OH is 1. The summed E-state index contributed by atoms with van der Waals surface area (Å²) in [7, 11) is 1.51. The highest BCUT2D eigenvalue weighted by atomic mass is 16.5. The van der Waals surface area contributed by atoms with E-state index in [0.717, 1.165) is 6.07 Å². The molecule has 3 rings (SSSR count). The Morgan fingerprint density at radius 1 is 1.09 bits per heavy atom. The highest BCUT2D eigenvalue weighted by Gasteiger charge is 2.40. The Morgan fingerprint density at radius 2 is 1.74 bits per heavy atom. The quantitative estimate of drug-likeness (QED) is 0.620. The molecule has 4 N–H and O–H groups in total. The van der Waals surface area contributed by atoms with Gasteiger partial charge in [-0.15, -0.1) is 0 Å². The summed E-state index contributed by atoms with van der Waals surface area (Å²) in [4.78, 5) is 12.3. The van der Waals surface area contributed by atoms with E-state index in [4.69, 9.17) is 9.47 Å². The number of phenols is 3. The first-order valence-electron chi connectivity index (χ1n) is 6.74. The van der Waals surface area contributed by atoms with Crippen molar-refractivity contribution in [3.05, 3.63) is 41.5 Å². The van der Waals surface area contributed by atoms with Crippen LogP contribution in [0.4, 0.5) is 0 Å². The number of carbonyl (C=O) groups is 1. The Hall–Kier alpha value is -2.93. The van der Waals surface area contributed by atoms with E-state index in [1.54, 1.807) is 24.3 Å². The number of Topliss-reactive ketones (excluding diaryl/α,β-unsaturated/α-hetero) is 1. The van der Waals surface area contributed by atoms with Gasteiger partial charge in [0, 0.05) is 6.07 Å². The van der Waals surface area contributed by atoms with E-state index in [9.17, 15) is 25.2 Å². The lowest BCUT2D eigenvalue weighted by Crippen LogP contribution is -2.36. The van der Waals surface area contributed by atoms with Crippen LogP contribution in [0.25, 0.3) is 0 Å². The molecular weight excluding hydrogens is 304 g/mol. The average molecular weight is 318 g/mol. The van der Waals surface area contributed by atoms with E-state index >= 15 is 0 Å². The number of hydrogen-bond donors (Lipinski definition) is 4. The van der Waals surface area contributed by atoms with Gasteiger partial charge in [0.25, 0.3) is 0 Å². The Labute approximate surface area is 131 Å². The first-order valence-corrected chi connectivity index (χ1v) is 6.74. The zero-order chi connectivity index (χ0) is 16.7. The smallest absolute Gasteiger partial charge is 0.203 e. The molecule has 2 aromatic rings. The molecule has 0 aromatic heterocycles. The van der Waals surface area contributed by atoms with Crippen LogP contribution in [-0.4, -0.2) is 39.4 Å². The van der Waals surface area contributed by atoms with Gasteiger partial charge in [-0.3, -0.25) is 4.79 Å². The van der Waals surface area contributed by atoms with Gasteiger partial charge in [-0.1, -0.05) is 12.1 Å². The van der Waals surface area contributed by atoms with Crippen LogP contribution >= 0.6 is 0 Å². The number of aromatic hydroxyl groups is 3. The van der Waals surface area contributed by atoms with Crippen LogP contribution in [0.5, 0.6) is 28.7 Å². The number of ketones is 1. The molecule has 2 aromatic carbocycles. The second-order valence-corrected chi connectivity index (χ2v) is 5.09. The summed E-state index contributed by atoms with van der Waals surface area (Å²) in [6.07, 6.45) is -2.57. The van der Waals surface area contributed by atoms with Gasteiger partial charge in [-0.2, -0.15) is 0 Å². The largest absolute Gasteiger partial charge is 0.504 e. The van der Waals surface area contributed by atoms with Gasteiger partial charge in [-0.05, 0) is 17.7 Å². The van der Waals surface area contributed by atoms with Gasteiger partial charge >= 0.3 is 0 Å². The summed E-state index contributed by atoms with van der Waals surface area (Å²) in [6, 6.07) is 7.58. The van der Waals surface area contributed by atoms with Crippen molar-refractivity contribution in [1.29, 1.82) is 0 Å². The van der Waals surface area contributed by atoms with E-state index in [0.29, 0.717) is 11.3 Å². The number of ether oxygens (including phenoxy) is 2. The Kier molecular flexibility index (Phi) is 3.49. The van der Waals surface area contributed by atoms with Crippen molar-refractivity contribution in [1.82, 2.24) is 0 Å². The van der Waals surface area contributed by atoms with Crippen molar-refractivity contribution in [2.24, 2.45) is 0 Å². The van der Waals surface area contributed by atoms with Gasteiger partial charge in [0.1, 0.15) is 17.1 Å². The molecule has 0 spiro atoms. The molecule has 1 aliphatic heterocycles. The topological polar surface area (TPSA) is 116 Å². The molecule has 0 saturated carbocycles. The number of rotatable bonds is 2. The van der Waals surface area contributed by atoms with E-state index in [1.165, 1.54) is 7.11 Å². The second kappa shape index (κ2) is 5.36. The third-order valence-corrected chi connectivity index (χ3v) is 3.72. The van der Waals surface area contributed by atoms with Gasteiger partial charge < -0.3 is 29.9 Å². The first kappa shape index (κ1) is 15.0. The van der Waals surface area contributed by atoms with Crippen LogP contribution in [0.15, 0.2) is 30.3 Å². The number of methoxy groups -OCH3 is 1. The molecule has 23 heavy (non-hydrogen) atoms. The predicted octanol–water partition coefficient (Wildman–Crippen LogP) is 1.49. The Balaban J connectivity index is 2.05. The van der Waals surface area contributed by atoms with Gasteiger partial charge in [0.15, 0.2) is 23.7 Å². The maximum atomic E-state index is 12.3. The van der Waals surface area contributed by atoms with Crippen molar-refractivity contribution in [2.75, 3.05) is 7.11 Å². The van der Waals surface area contributed by atoms with Gasteiger partial charge in [0.2, 0.25) is 11.5 Å². The summed E-state index contributed by atoms with van der Waals surface area (Å²) in [6.45, 7) is 0. The molecule has 0 bridgehead atoms. The molecule has 0 saturated heterocycles. The molecule has 0 aliphatic carbocycles. The monoisotopic (exact) mass is 318 g/mol. The van der Waals surface area contributed by atoms with Crippen LogP contribution in [0.1, 0.15) is 22.0 Å². The predicted molar refractivity (Wildman–Crippen MR) is 78.1 cm³/mol.